The van der Waals surface area contributed by atoms with Crippen LogP contribution in [0, 0.1) is 0 Å². The van der Waals surface area contributed by atoms with Gasteiger partial charge in [0.25, 0.3) is 5.91 Å². The van der Waals surface area contributed by atoms with Crippen LogP contribution in [0.1, 0.15) is 37.0 Å². The van der Waals surface area contributed by atoms with Gasteiger partial charge in [-0.05, 0) is 55.8 Å². The van der Waals surface area contributed by atoms with Gasteiger partial charge >= 0.3 is 0 Å². The molecule has 2 aromatic rings. The number of nitrogens with one attached hydrogen (secondary N) is 2. The fourth-order valence-corrected chi connectivity index (χ4v) is 2.72. The molecule has 0 unspecified atom stereocenters. The van der Waals surface area contributed by atoms with Crippen LogP contribution >= 0.6 is 0 Å². The van der Waals surface area contributed by atoms with E-state index in [0.717, 1.165) is 23.6 Å². The molecule has 0 aromatic heterocycles. The highest BCUT2D eigenvalue weighted by Crippen LogP contribution is 2.21. The summed E-state index contributed by atoms with van der Waals surface area (Å²) in [7, 11) is 0. The molecule has 0 aliphatic heterocycles. The molecule has 0 aliphatic carbocycles. The maximum Gasteiger partial charge on any atom is 0.253 e. The predicted molar refractivity (Wildman–Crippen MR) is 106 cm³/mol. The number of carbonyl (C=O) groups excluding carboxylic acids is 1. The Morgan fingerprint density at radius 2 is 1.96 bits per heavy atom. The second-order valence-electron chi connectivity index (χ2n) is 6.24. The van der Waals surface area contributed by atoms with Crippen LogP contribution in [0.4, 0.5) is 5.69 Å². The summed E-state index contributed by atoms with van der Waals surface area (Å²) in [5.41, 5.74) is 8.41. The summed E-state index contributed by atoms with van der Waals surface area (Å²) in [6, 6.07) is 11.7. The molecule has 132 valence electrons. The van der Waals surface area contributed by atoms with E-state index in [-0.39, 0.29) is 11.9 Å². The van der Waals surface area contributed by atoms with E-state index in [1.54, 1.807) is 6.20 Å². The highest BCUT2D eigenvalue weighted by atomic mass is 16.1. The molecule has 2 rings (SSSR count). The molecule has 0 radical (unpaired) electrons. The quantitative estimate of drug-likeness (QED) is 0.504. The average molecular weight is 337 g/mol. The van der Waals surface area contributed by atoms with Crippen molar-refractivity contribution >= 4 is 22.4 Å². The molecule has 25 heavy (non-hydrogen) atoms. The molecule has 4 nitrogen and oxygen atoms in total. The lowest BCUT2D eigenvalue weighted by Crippen LogP contribution is -2.39. The molecule has 0 aliphatic rings. The summed E-state index contributed by atoms with van der Waals surface area (Å²) in [6.07, 6.45) is 5.69. The number of carbonyl (C=O) groups is 1. The van der Waals surface area contributed by atoms with Crippen molar-refractivity contribution in [1.29, 1.82) is 0 Å². The number of nitrogen functional groups attached to an aromatic ring is 1. The molecule has 2 aromatic carbocycles. The van der Waals surface area contributed by atoms with Crippen LogP contribution in [0.25, 0.3) is 10.8 Å². The van der Waals surface area contributed by atoms with Gasteiger partial charge in [0.05, 0.1) is 5.56 Å². The Hall–Kier alpha value is -2.75. The van der Waals surface area contributed by atoms with Gasteiger partial charge in [0, 0.05) is 18.3 Å². The lowest BCUT2D eigenvalue weighted by atomic mass is 10.0. The van der Waals surface area contributed by atoms with Crippen LogP contribution in [0.3, 0.4) is 0 Å². The largest absolute Gasteiger partial charge is 0.398 e. The molecule has 0 saturated carbocycles. The number of amides is 1. The van der Waals surface area contributed by atoms with E-state index in [9.17, 15) is 4.79 Å². The van der Waals surface area contributed by atoms with Gasteiger partial charge in [-0.25, -0.2) is 0 Å². The Morgan fingerprint density at radius 1 is 1.28 bits per heavy atom. The fourth-order valence-electron chi connectivity index (χ4n) is 2.72. The van der Waals surface area contributed by atoms with Crippen molar-refractivity contribution in [3.8, 4) is 0 Å². The summed E-state index contributed by atoms with van der Waals surface area (Å²) in [5, 5.41) is 8.22. The predicted octanol–water partition coefficient (Wildman–Crippen LogP) is 4.00. The molecule has 4 heteroatoms. The summed E-state index contributed by atoms with van der Waals surface area (Å²) < 4.78 is 0. The molecule has 1 atom stereocenters. The average Bonchev–Trinajstić information content (AvgIpc) is 2.62. The van der Waals surface area contributed by atoms with Gasteiger partial charge in [-0.1, -0.05) is 42.5 Å². The zero-order valence-electron chi connectivity index (χ0n) is 15.0. The molecule has 0 bridgehead atoms. The third kappa shape index (κ3) is 5.11. The van der Waals surface area contributed by atoms with E-state index in [1.165, 1.54) is 5.57 Å². The van der Waals surface area contributed by atoms with E-state index in [2.05, 4.69) is 30.2 Å². The van der Waals surface area contributed by atoms with Crippen LogP contribution in [-0.4, -0.2) is 18.5 Å². The topological polar surface area (TPSA) is 67.1 Å². The monoisotopic (exact) mass is 337 g/mol. The lowest BCUT2D eigenvalue weighted by molar-refractivity contribution is 0.0950. The van der Waals surface area contributed by atoms with E-state index >= 15 is 0 Å². The Bertz CT molecular complexity index is 780. The van der Waals surface area contributed by atoms with Crippen LogP contribution < -0.4 is 16.4 Å². The molecule has 0 saturated heterocycles. The van der Waals surface area contributed by atoms with Crippen LogP contribution in [0.15, 0.2) is 60.8 Å². The Kier molecular flexibility index (Phi) is 6.63. The highest BCUT2D eigenvalue weighted by molar-refractivity contribution is 6.03. The van der Waals surface area contributed by atoms with Crippen molar-refractivity contribution in [2.75, 3.05) is 12.3 Å². The second kappa shape index (κ2) is 8.92. The van der Waals surface area contributed by atoms with Crippen molar-refractivity contribution in [2.24, 2.45) is 0 Å². The minimum absolute atomic E-state index is 0.137. The van der Waals surface area contributed by atoms with Gasteiger partial charge < -0.3 is 16.4 Å². The normalized spacial score (nSPS) is 12.6. The molecule has 0 fully saturated rings. The first-order valence-corrected chi connectivity index (χ1v) is 8.60. The first-order chi connectivity index (χ1) is 12.0. The lowest BCUT2D eigenvalue weighted by Gasteiger charge is -2.18. The number of fused-ring (bicyclic) bond motifs is 1. The van der Waals surface area contributed by atoms with Crippen molar-refractivity contribution in [1.82, 2.24) is 10.6 Å². The number of hydrogen-bond acceptors (Lipinski definition) is 3. The van der Waals surface area contributed by atoms with Crippen LogP contribution in [0.2, 0.25) is 0 Å². The summed E-state index contributed by atoms with van der Waals surface area (Å²) in [4.78, 5) is 12.6. The zero-order valence-corrected chi connectivity index (χ0v) is 15.0. The first-order valence-electron chi connectivity index (χ1n) is 8.60. The number of nitrogens with two attached hydrogens (primary N) is 1. The molecular formula is C21H27N3O. The number of allylic oxidation sites excluding steroid dienone is 2. The minimum atomic E-state index is -0.151. The first kappa shape index (κ1) is 18.6. The maximum absolute atomic E-state index is 12.6. The van der Waals surface area contributed by atoms with Gasteiger partial charge in [-0.15, -0.1) is 0 Å². The third-order valence-electron chi connectivity index (χ3n) is 4.40. The number of benzene rings is 2. The van der Waals surface area contributed by atoms with E-state index in [0.29, 0.717) is 17.8 Å². The zero-order chi connectivity index (χ0) is 18.2. The Balaban J connectivity index is 2.04. The standard InChI is InChI=1S/C21H27N3O/c1-4-15(3)10-11-18(23-5-2)14-24-21(25)19-12-16-8-6-7-9-17(16)13-20(19)22/h4-9,12-13,18,23H,2,10-11,14,22H2,1,3H3,(H,24,25)/b15-4+/t18-/m0/s1. The molecule has 4 N–H and O–H groups in total. The summed E-state index contributed by atoms with van der Waals surface area (Å²) >= 11 is 0. The molecule has 0 heterocycles. The van der Waals surface area contributed by atoms with Crippen molar-refractivity contribution in [2.45, 2.75) is 32.7 Å². The molecule has 0 spiro atoms. The molecular weight excluding hydrogens is 310 g/mol. The van der Waals surface area contributed by atoms with Crippen molar-refractivity contribution in [3.05, 3.63) is 66.4 Å². The molecule has 1 amide bonds. The second-order valence-corrected chi connectivity index (χ2v) is 6.24. The minimum Gasteiger partial charge on any atom is -0.398 e. The summed E-state index contributed by atoms with van der Waals surface area (Å²) in [6.45, 7) is 8.39. The van der Waals surface area contributed by atoms with E-state index < -0.39 is 0 Å². The number of rotatable bonds is 8. The van der Waals surface area contributed by atoms with Gasteiger partial charge in [0.2, 0.25) is 0 Å². The van der Waals surface area contributed by atoms with Crippen molar-refractivity contribution < 1.29 is 4.79 Å². The van der Waals surface area contributed by atoms with E-state index in [1.807, 2.05) is 43.3 Å². The Labute approximate surface area is 149 Å². The van der Waals surface area contributed by atoms with E-state index in [4.69, 9.17) is 5.73 Å². The van der Waals surface area contributed by atoms with Gasteiger partial charge in [-0.3, -0.25) is 4.79 Å². The maximum atomic E-state index is 12.6. The van der Waals surface area contributed by atoms with Gasteiger partial charge in [0.1, 0.15) is 0 Å². The van der Waals surface area contributed by atoms with Gasteiger partial charge in [0.15, 0.2) is 0 Å². The number of hydrogen-bond donors (Lipinski definition) is 3. The Morgan fingerprint density at radius 3 is 2.60 bits per heavy atom. The smallest absolute Gasteiger partial charge is 0.253 e. The van der Waals surface area contributed by atoms with Crippen LogP contribution in [0.5, 0.6) is 0 Å². The number of anilines is 1. The third-order valence-corrected chi connectivity index (χ3v) is 4.40. The van der Waals surface area contributed by atoms with Gasteiger partial charge in [-0.2, -0.15) is 0 Å². The van der Waals surface area contributed by atoms with Crippen LogP contribution in [-0.2, 0) is 0 Å². The van der Waals surface area contributed by atoms with Crippen molar-refractivity contribution in [3.63, 3.8) is 0 Å². The highest BCUT2D eigenvalue weighted by Gasteiger charge is 2.13. The fraction of sp³-hybridized carbons (Fsp3) is 0.286. The SMILES string of the molecule is C=CN[C@@H](CC/C(C)=C/C)CNC(=O)c1cc2ccccc2cc1N. The summed E-state index contributed by atoms with van der Waals surface area (Å²) in [5.74, 6) is -0.151.